The monoisotopic (exact) mass is 236 g/mol. The zero-order valence-corrected chi connectivity index (χ0v) is 8.68. The summed E-state index contributed by atoms with van der Waals surface area (Å²) in [5.74, 6) is -1.26. The summed E-state index contributed by atoms with van der Waals surface area (Å²) in [5.41, 5.74) is 0. The summed E-state index contributed by atoms with van der Waals surface area (Å²) in [5, 5.41) is 21.9. The molecule has 0 bridgehead atoms. The molecule has 0 aromatic carbocycles. The molecule has 1 saturated carbocycles. The number of amidine groups is 1. The van der Waals surface area contributed by atoms with Crippen LogP contribution in [0.1, 0.15) is 6.42 Å². The molecule has 7 heteroatoms. The molecule has 1 aliphatic heterocycles. The number of hydrogen-bond donors (Lipinski definition) is 3. The highest BCUT2D eigenvalue weighted by atomic mass is 19.3. The SMILES string of the molecule is CNC1=N[C@@H]2[C@@H](O)[C@H](O)[C@@H](C(F)F)C[C@@H]2O1. The van der Waals surface area contributed by atoms with E-state index in [9.17, 15) is 19.0 Å². The van der Waals surface area contributed by atoms with Crippen molar-refractivity contribution in [1.82, 2.24) is 5.32 Å². The number of nitrogens with zero attached hydrogens (tertiary/aromatic N) is 1. The van der Waals surface area contributed by atoms with Crippen molar-refractivity contribution < 1.29 is 23.7 Å². The number of ether oxygens (including phenoxy) is 1. The van der Waals surface area contributed by atoms with Crippen molar-refractivity contribution in [1.29, 1.82) is 0 Å². The summed E-state index contributed by atoms with van der Waals surface area (Å²) < 4.78 is 30.4. The molecule has 3 N–H and O–H groups in total. The van der Waals surface area contributed by atoms with Gasteiger partial charge in [0.1, 0.15) is 18.2 Å². The summed E-state index contributed by atoms with van der Waals surface area (Å²) in [6, 6.07) is -0.441. The summed E-state index contributed by atoms with van der Waals surface area (Å²) in [6.45, 7) is 0. The highest BCUT2D eigenvalue weighted by Gasteiger charge is 2.50. The summed E-state index contributed by atoms with van der Waals surface area (Å²) in [7, 11) is 1.59. The van der Waals surface area contributed by atoms with Gasteiger partial charge in [0.2, 0.25) is 6.43 Å². The molecule has 0 aromatic rings. The van der Waals surface area contributed by atoms with Crippen LogP contribution in [-0.4, -0.2) is 54.1 Å². The molecular weight excluding hydrogens is 222 g/mol. The summed E-state index contributed by atoms with van der Waals surface area (Å²) in [4.78, 5) is 3.98. The normalized spacial score (nSPS) is 42.6. The maximum absolute atomic E-state index is 12.6. The van der Waals surface area contributed by atoms with Crippen LogP contribution >= 0.6 is 0 Å². The van der Waals surface area contributed by atoms with Crippen molar-refractivity contribution in [2.75, 3.05) is 7.05 Å². The fourth-order valence-corrected chi connectivity index (χ4v) is 2.18. The van der Waals surface area contributed by atoms with Crippen molar-refractivity contribution in [3.63, 3.8) is 0 Å². The van der Waals surface area contributed by atoms with Gasteiger partial charge in [0.25, 0.3) is 6.02 Å². The Morgan fingerprint density at radius 3 is 2.69 bits per heavy atom. The van der Waals surface area contributed by atoms with E-state index in [2.05, 4.69) is 10.3 Å². The van der Waals surface area contributed by atoms with Gasteiger partial charge < -0.3 is 20.3 Å². The molecule has 92 valence electrons. The molecule has 5 atom stereocenters. The molecule has 0 radical (unpaired) electrons. The van der Waals surface area contributed by atoms with Crippen LogP contribution in [0.15, 0.2) is 4.99 Å². The third-order valence-electron chi connectivity index (χ3n) is 3.09. The third-order valence-corrected chi connectivity index (χ3v) is 3.09. The highest BCUT2D eigenvalue weighted by molar-refractivity contribution is 5.75. The molecule has 1 fully saturated rings. The average Bonchev–Trinajstić information content (AvgIpc) is 2.66. The molecular formula is C9H14F2N2O3. The number of aliphatic hydroxyl groups excluding tert-OH is 2. The van der Waals surface area contributed by atoms with E-state index in [1.165, 1.54) is 0 Å². The van der Waals surface area contributed by atoms with Gasteiger partial charge in [0, 0.05) is 7.05 Å². The summed E-state index contributed by atoms with van der Waals surface area (Å²) >= 11 is 0. The van der Waals surface area contributed by atoms with Crippen LogP contribution in [0, 0.1) is 5.92 Å². The Morgan fingerprint density at radius 1 is 1.44 bits per heavy atom. The lowest BCUT2D eigenvalue weighted by Gasteiger charge is -2.36. The third kappa shape index (κ3) is 1.73. The molecule has 0 saturated heterocycles. The largest absolute Gasteiger partial charge is 0.460 e. The smallest absolute Gasteiger partial charge is 0.285 e. The second-order valence-electron chi connectivity index (χ2n) is 4.05. The van der Waals surface area contributed by atoms with E-state index >= 15 is 0 Å². The number of rotatable bonds is 1. The Kier molecular flexibility index (Phi) is 2.98. The van der Waals surface area contributed by atoms with Crippen molar-refractivity contribution in [2.45, 2.75) is 37.2 Å². The number of nitrogens with one attached hydrogen (secondary N) is 1. The topological polar surface area (TPSA) is 74.1 Å². The van der Waals surface area contributed by atoms with E-state index in [1.807, 2.05) is 0 Å². The Balaban J connectivity index is 2.14. The Hall–Kier alpha value is -0.950. The molecule has 1 heterocycles. The Bertz CT molecular complexity index is 300. The van der Waals surface area contributed by atoms with E-state index in [-0.39, 0.29) is 12.4 Å². The van der Waals surface area contributed by atoms with E-state index in [0.29, 0.717) is 0 Å². The number of alkyl halides is 2. The van der Waals surface area contributed by atoms with Gasteiger partial charge in [-0.1, -0.05) is 0 Å². The van der Waals surface area contributed by atoms with Gasteiger partial charge in [-0.15, -0.1) is 0 Å². The van der Waals surface area contributed by atoms with E-state index in [0.717, 1.165) is 0 Å². The molecule has 0 aromatic heterocycles. The van der Waals surface area contributed by atoms with Crippen LogP contribution in [0.25, 0.3) is 0 Å². The van der Waals surface area contributed by atoms with Gasteiger partial charge in [0.05, 0.1) is 12.0 Å². The lowest BCUT2D eigenvalue weighted by atomic mass is 9.80. The van der Waals surface area contributed by atoms with Gasteiger partial charge >= 0.3 is 0 Å². The second-order valence-corrected chi connectivity index (χ2v) is 4.05. The standard InChI is InChI=1S/C9H14F2N2O3/c1-12-9-13-5-4(16-9)2-3(8(10)11)6(14)7(5)15/h3-8,14-15H,2H2,1H3,(H,12,13)/t3-,4-,5-,6+,7+/m0/s1. The quantitative estimate of drug-likeness (QED) is 0.565. The molecule has 0 unspecified atom stereocenters. The van der Waals surface area contributed by atoms with Crippen LogP contribution < -0.4 is 5.32 Å². The maximum Gasteiger partial charge on any atom is 0.285 e. The number of aliphatic hydroxyl groups is 2. The van der Waals surface area contributed by atoms with E-state index < -0.39 is 36.7 Å². The van der Waals surface area contributed by atoms with Crippen molar-refractivity contribution in [3.8, 4) is 0 Å². The first-order valence-corrected chi connectivity index (χ1v) is 5.11. The van der Waals surface area contributed by atoms with Crippen molar-refractivity contribution in [2.24, 2.45) is 10.9 Å². The van der Waals surface area contributed by atoms with Gasteiger partial charge in [-0.3, -0.25) is 0 Å². The number of halogens is 2. The molecule has 0 spiro atoms. The van der Waals surface area contributed by atoms with Crippen molar-refractivity contribution in [3.05, 3.63) is 0 Å². The van der Waals surface area contributed by atoms with Gasteiger partial charge in [-0.2, -0.15) is 0 Å². The van der Waals surface area contributed by atoms with Crippen LogP contribution in [0.4, 0.5) is 8.78 Å². The lowest BCUT2D eigenvalue weighted by Crippen LogP contribution is -2.53. The van der Waals surface area contributed by atoms with Crippen LogP contribution in [0.3, 0.4) is 0 Å². The van der Waals surface area contributed by atoms with Gasteiger partial charge in [-0.05, 0) is 6.42 Å². The Morgan fingerprint density at radius 2 is 2.12 bits per heavy atom. The molecule has 2 aliphatic rings. The molecule has 2 rings (SSSR count). The minimum Gasteiger partial charge on any atom is -0.460 e. The van der Waals surface area contributed by atoms with Crippen LogP contribution in [-0.2, 0) is 4.74 Å². The van der Waals surface area contributed by atoms with Crippen LogP contribution in [0.5, 0.6) is 0 Å². The summed E-state index contributed by atoms with van der Waals surface area (Å²) in [6.07, 6.45) is -6.02. The fraction of sp³-hybridized carbons (Fsp3) is 0.889. The molecule has 1 aliphatic carbocycles. The van der Waals surface area contributed by atoms with E-state index in [1.54, 1.807) is 7.05 Å². The predicted molar refractivity (Wildman–Crippen MR) is 51.3 cm³/mol. The minimum absolute atomic E-state index is 0.00472. The lowest BCUT2D eigenvalue weighted by molar-refractivity contribution is -0.123. The number of hydrogen-bond acceptors (Lipinski definition) is 5. The first-order chi connectivity index (χ1) is 7.54. The maximum atomic E-state index is 12.6. The second kappa shape index (κ2) is 4.14. The van der Waals surface area contributed by atoms with Gasteiger partial charge in [0.15, 0.2) is 0 Å². The molecule has 0 amide bonds. The first kappa shape index (κ1) is 11.5. The van der Waals surface area contributed by atoms with Gasteiger partial charge in [-0.25, -0.2) is 13.8 Å². The fourth-order valence-electron chi connectivity index (χ4n) is 2.18. The Labute approximate surface area is 91.1 Å². The predicted octanol–water partition coefficient (Wildman–Crippen LogP) is -0.664. The van der Waals surface area contributed by atoms with Crippen LogP contribution in [0.2, 0.25) is 0 Å². The molecule has 5 nitrogen and oxygen atoms in total. The first-order valence-electron chi connectivity index (χ1n) is 5.11. The number of aliphatic imine (C=N–C) groups is 1. The minimum atomic E-state index is -2.67. The zero-order chi connectivity index (χ0) is 11.9. The average molecular weight is 236 g/mol. The van der Waals surface area contributed by atoms with E-state index in [4.69, 9.17) is 4.74 Å². The highest BCUT2D eigenvalue weighted by Crippen LogP contribution is 2.35. The zero-order valence-electron chi connectivity index (χ0n) is 8.68. The van der Waals surface area contributed by atoms with Crippen molar-refractivity contribution >= 4 is 6.02 Å². The number of fused-ring (bicyclic) bond motifs is 1. The molecule has 16 heavy (non-hydrogen) atoms.